The van der Waals surface area contributed by atoms with Gasteiger partial charge in [-0.05, 0) is 52.7 Å². The van der Waals surface area contributed by atoms with Gasteiger partial charge in [0.1, 0.15) is 16.0 Å². The first kappa shape index (κ1) is 13.5. The molecule has 0 saturated carbocycles. The van der Waals surface area contributed by atoms with Gasteiger partial charge >= 0.3 is 0 Å². The van der Waals surface area contributed by atoms with Gasteiger partial charge < -0.3 is 10.1 Å². The van der Waals surface area contributed by atoms with E-state index in [1.54, 1.807) is 25.3 Å². The highest BCUT2D eigenvalue weighted by Crippen LogP contribution is 2.25. The number of amides is 1. The van der Waals surface area contributed by atoms with Crippen LogP contribution in [0.25, 0.3) is 0 Å². The van der Waals surface area contributed by atoms with Gasteiger partial charge in [-0.25, -0.2) is 4.98 Å². The molecule has 0 aliphatic carbocycles. The molecular formula is C14H13BrN2O2. The molecule has 4 nitrogen and oxygen atoms in total. The standard InChI is InChI=1S/C14H13BrN2O2/c1-9-6-7-12(19-2)11(8-9)17-14(18)10-4-3-5-13(15)16-10/h3-8H,1-2H3,(H,17,18). The second-order valence-electron chi connectivity index (χ2n) is 4.00. The van der Waals surface area contributed by atoms with E-state index in [2.05, 4.69) is 26.2 Å². The molecule has 1 N–H and O–H groups in total. The number of nitrogens with one attached hydrogen (secondary N) is 1. The quantitative estimate of drug-likeness (QED) is 0.882. The first-order chi connectivity index (χ1) is 9.10. The summed E-state index contributed by atoms with van der Waals surface area (Å²) in [6.45, 7) is 1.95. The number of aryl methyl sites for hydroxylation is 1. The van der Waals surface area contributed by atoms with Gasteiger partial charge in [0.25, 0.3) is 5.91 Å². The fourth-order valence-electron chi connectivity index (χ4n) is 1.64. The Hall–Kier alpha value is -1.88. The first-order valence-electron chi connectivity index (χ1n) is 5.68. The number of pyridine rings is 1. The Labute approximate surface area is 119 Å². The molecule has 1 aromatic heterocycles. The van der Waals surface area contributed by atoms with E-state index in [-0.39, 0.29) is 5.91 Å². The number of aromatic nitrogens is 1. The van der Waals surface area contributed by atoms with Crippen LogP contribution in [0.3, 0.4) is 0 Å². The summed E-state index contributed by atoms with van der Waals surface area (Å²) in [5.41, 5.74) is 2.02. The summed E-state index contributed by atoms with van der Waals surface area (Å²) in [5, 5.41) is 2.80. The number of rotatable bonds is 3. The Balaban J connectivity index is 2.26. The summed E-state index contributed by atoms with van der Waals surface area (Å²) in [6.07, 6.45) is 0. The van der Waals surface area contributed by atoms with Crippen molar-refractivity contribution in [3.63, 3.8) is 0 Å². The van der Waals surface area contributed by atoms with E-state index in [1.807, 2.05) is 25.1 Å². The van der Waals surface area contributed by atoms with Crippen LogP contribution in [0.2, 0.25) is 0 Å². The predicted octanol–water partition coefficient (Wildman–Crippen LogP) is 3.41. The third kappa shape index (κ3) is 3.32. The minimum atomic E-state index is -0.273. The van der Waals surface area contributed by atoms with Gasteiger partial charge in [-0.3, -0.25) is 4.79 Å². The van der Waals surface area contributed by atoms with Crippen molar-refractivity contribution in [1.29, 1.82) is 0 Å². The summed E-state index contributed by atoms with van der Waals surface area (Å²) in [5.74, 6) is 0.346. The van der Waals surface area contributed by atoms with Crippen LogP contribution in [0.4, 0.5) is 5.69 Å². The molecule has 0 spiro atoms. The van der Waals surface area contributed by atoms with E-state index in [9.17, 15) is 4.79 Å². The van der Waals surface area contributed by atoms with Crippen molar-refractivity contribution in [2.75, 3.05) is 12.4 Å². The molecular weight excluding hydrogens is 308 g/mol. The van der Waals surface area contributed by atoms with Gasteiger partial charge in [0.05, 0.1) is 12.8 Å². The van der Waals surface area contributed by atoms with Gasteiger partial charge in [-0.15, -0.1) is 0 Å². The zero-order valence-corrected chi connectivity index (χ0v) is 12.2. The summed E-state index contributed by atoms with van der Waals surface area (Å²) in [6, 6.07) is 10.8. The molecule has 1 aromatic carbocycles. The van der Waals surface area contributed by atoms with Gasteiger partial charge in [-0.1, -0.05) is 12.1 Å². The van der Waals surface area contributed by atoms with E-state index in [4.69, 9.17) is 4.74 Å². The molecule has 19 heavy (non-hydrogen) atoms. The highest BCUT2D eigenvalue weighted by Gasteiger charge is 2.11. The van der Waals surface area contributed by atoms with Crippen molar-refractivity contribution < 1.29 is 9.53 Å². The van der Waals surface area contributed by atoms with Gasteiger partial charge in [0, 0.05) is 0 Å². The smallest absolute Gasteiger partial charge is 0.274 e. The third-order valence-electron chi connectivity index (χ3n) is 2.55. The van der Waals surface area contributed by atoms with Crippen LogP contribution in [-0.4, -0.2) is 18.0 Å². The van der Waals surface area contributed by atoms with Crippen LogP contribution >= 0.6 is 15.9 Å². The zero-order chi connectivity index (χ0) is 13.8. The van der Waals surface area contributed by atoms with Gasteiger partial charge in [0.15, 0.2) is 0 Å². The number of benzene rings is 1. The molecule has 0 fully saturated rings. The Kier molecular flexibility index (Phi) is 4.16. The maximum absolute atomic E-state index is 12.1. The van der Waals surface area contributed by atoms with E-state index < -0.39 is 0 Å². The number of carbonyl (C=O) groups is 1. The summed E-state index contributed by atoms with van der Waals surface area (Å²) < 4.78 is 5.84. The van der Waals surface area contributed by atoms with E-state index in [0.717, 1.165) is 5.56 Å². The van der Waals surface area contributed by atoms with Crippen molar-refractivity contribution in [3.05, 3.63) is 52.3 Å². The van der Waals surface area contributed by atoms with Crippen LogP contribution in [0.5, 0.6) is 5.75 Å². The van der Waals surface area contributed by atoms with Crippen LogP contribution in [0.15, 0.2) is 41.0 Å². The highest BCUT2D eigenvalue weighted by atomic mass is 79.9. The molecule has 0 atom stereocenters. The average molecular weight is 321 g/mol. The van der Waals surface area contributed by atoms with Crippen LogP contribution in [0.1, 0.15) is 16.1 Å². The second kappa shape index (κ2) is 5.84. The monoisotopic (exact) mass is 320 g/mol. The number of anilines is 1. The molecule has 1 heterocycles. The molecule has 2 rings (SSSR count). The van der Waals surface area contributed by atoms with Crippen molar-refractivity contribution in [3.8, 4) is 5.75 Å². The fraction of sp³-hybridized carbons (Fsp3) is 0.143. The summed E-state index contributed by atoms with van der Waals surface area (Å²) in [7, 11) is 1.57. The normalized spacial score (nSPS) is 10.1. The van der Waals surface area contributed by atoms with Crippen molar-refractivity contribution in [2.24, 2.45) is 0 Å². The minimum Gasteiger partial charge on any atom is -0.495 e. The number of halogens is 1. The Morgan fingerprint density at radius 3 is 2.79 bits per heavy atom. The number of nitrogens with zero attached hydrogens (tertiary/aromatic N) is 1. The second-order valence-corrected chi connectivity index (χ2v) is 4.82. The molecule has 0 radical (unpaired) electrons. The number of methoxy groups -OCH3 is 1. The molecule has 1 amide bonds. The Bertz CT molecular complexity index is 614. The lowest BCUT2D eigenvalue weighted by Gasteiger charge is -2.10. The lowest BCUT2D eigenvalue weighted by atomic mass is 10.2. The lowest BCUT2D eigenvalue weighted by Crippen LogP contribution is -2.14. The van der Waals surface area contributed by atoms with E-state index in [1.165, 1.54) is 0 Å². The molecule has 0 aliphatic heterocycles. The maximum Gasteiger partial charge on any atom is 0.274 e. The third-order valence-corrected chi connectivity index (χ3v) is 2.99. The molecule has 0 saturated heterocycles. The van der Waals surface area contributed by atoms with Crippen LogP contribution in [-0.2, 0) is 0 Å². The number of hydrogen-bond donors (Lipinski definition) is 1. The average Bonchev–Trinajstić information content (AvgIpc) is 2.39. The van der Waals surface area contributed by atoms with Gasteiger partial charge in [0.2, 0.25) is 0 Å². The SMILES string of the molecule is COc1ccc(C)cc1NC(=O)c1cccc(Br)n1. The van der Waals surface area contributed by atoms with Gasteiger partial charge in [-0.2, -0.15) is 0 Å². The molecule has 98 valence electrons. The topological polar surface area (TPSA) is 51.2 Å². The number of ether oxygens (including phenoxy) is 1. The molecule has 0 aliphatic rings. The Morgan fingerprint density at radius 1 is 1.32 bits per heavy atom. The Morgan fingerprint density at radius 2 is 2.11 bits per heavy atom. The largest absolute Gasteiger partial charge is 0.495 e. The molecule has 0 unspecified atom stereocenters. The van der Waals surface area contributed by atoms with Crippen molar-refractivity contribution in [2.45, 2.75) is 6.92 Å². The van der Waals surface area contributed by atoms with E-state index in [0.29, 0.717) is 21.7 Å². The lowest BCUT2D eigenvalue weighted by molar-refractivity contribution is 0.102. The highest BCUT2D eigenvalue weighted by molar-refractivity contribution is 9.10. The van der Waals surface area contributed by atoms with E-state index >= 15 is 0 Å². The molecule has 2 aromatic rings. The zero-order valence-electron chi connectivity index (χ0n) is 10.6. The number of hydrogen-bond acceptors (Lipinski definition) is 3. The number of carbonyl (C=O) groups excluding carboxylic acids is 1. The fourth-order valence-corrected chi connectivity index (χ4v) is 1.98. The molecule has 0 bridgehead atoms. The van der Waals surface area contributed by atoms with Crippen molar-refractivity contribution in [1.82, 2.24) is 4.98 Å². The maximum atomic E-state index is 12.1. The predicted molar refractivity (Wildman–Crippen MR) is 77.6 cm³/mol. The summed E-state index contributed by atoms with van der Waals surface area (Å²) in [4.78, 5) is 16.2. The van der Waals surface area contributed by atoms with Crippen LogP contribution < -0.4 is 10.1 Å². The van der Waals surface area contributed by atoms with Crippen LogP contribution in [0, 0.1) is 6.92 Å². The minimum absolute atomic E-state index is 0.273. The molecule has 5 heteroatoms. The summed E-state index contributed by atoms with van der Waals surface area (Å²) >= 11 is 3.24. The van der Waals surface area contributed by atoms with Crippen molar-refractivity contribution >= 4 is 27.5 Å². The first-order valence-corrected chi connectivity index (χ1v) is 6.48.